The van der Waals surface area contributed by atoms with Crippen molar-refractivity contribution < 1.29 is 4.42 Å². The first kappa shape index (κ1) is 8.00. The number of hydrogen-bond acceptors (Lipinski definition) is 3. The van der Waals surface area contributed by atoms with Gasteiger partial charge < -0.3 is 9.73 Å². The van der Waals surface area contributed by atoms with E-state index in [0.717, 1.165) is 18.7 Å². The fourth-order valence-electron chi connectivity index (χ4n) is 2.14. The van der Waals surface area contributed by atoms with Crippen molar-refractivity contribution in [2.75, 3.05) is 13.1 Å². The summed E-state index contributed by atoms with van der Waals surface area (Å²) in [7, 11) is 0. The molecule has 3 rings (SSSR count). The Morgan fingerprint density at radius 1 is 1.50 bits per heavy atom. The monoisotopic (exact) mass is 188 g/mol. The molecular weight excluding hydrogens is 176 g/mol. The van der Waals surface area contributed by atoms with E-state index in [1.165, 1.54) is 17.4 Å². The van der Waals surface area contributed by atoms with Gasteiger partial charge in [-0.25, -0.2) is 0 Å². The van der Waals surface area contributed by atoms with Gasteiger partial charge in [-0.05, 0) is 19.0 Å². The zero-order valence-corrected chi connectivity index (χ0v) is 7.86. The molecule has 1 unspecified atom stereocenters. The summed E-state index contributed by atoms with van der Waals surface area (Å²) >= 11 is 0. The summed E-state index contributed by atoms with van der Waals surface area (Å²) in [6.07, 6.45) is 6.69. The molecule has 3 heterocycles. The van der Waals surface area contributed by atoms with Gasteiger partial charge in [-0.15, -0.1) is 0 Å². The molecule has 0 radical (unpaired) electrons. The maximum absolute atomic E-state index is 5.47. The second-order valence-electron chi connectivity index (χ2n) is 3.75. The van der Waals surface area contributed by atoms with E-state index < -0.39 is 0 Å². The zero-order chi connectivity index (χ0) is 9.38. The van der Waals surface area contributed by atoms with Crippen molar-refractivity contribution in [1.82, 2.24) is 10.3 Å². The maximum atomic E-state index is 5.47. The molecule has 3 nitrogen and oxygen atoms in total. The molecule has 1 saturated heterocycles. The Balaban J connectivity index is 2.11. The first-order chi connectivity index (χ1) is 6.95. The zero-order valence-electron chi connectivity index (χ0n) is 7.86. The van der Waals surface area contributed by atoms with Crippen molar-refractivity contribution in [3.63, 3.8) is 0 Å². The van der Waals surface area contributed by atoms with E-state index in [0.29, 0.717) is 5.92 Å². The second-order valence-corrected chi connectivity index (χ2v) is 3.75. The van der Waals surface area contributed by atoms with Crippen molar-refractivity contribution in [3.05, 3.63) is 30.3 Å². The van der Waals surface area contributed by atoms with Gasteiger partial charge in [0.05, 0.1) is 12.5 Å². The molecule has 0 saturated carbocycles. The number of fused-ring (bicyclic) bond motifs is 1. The average molecular weight is 188 g/mol. The van der Waals surface area contributed by atoms with Gasteiger partial charge in [0.25, 0.3) is 0 Å². The number of pyridine rings is 1. The van der Waals surface area contributed by atoms with Crippen molar-refractivity contribution >= 4 is 11.0 Å². The summed E-state index contributed by atoms with van der Waals surface area (Å²) in [5, 5.41) is 4.58. The van der Waals surface area contributed by atoms with E-state index in [9.17, 15) is 0 Å². The van der Waals surface area contributed by atoms with Crippen LogP contribution in [-0.2, 0) is 0 Å². The molecule has 1 aliphatic heterocycles. The molecule has 0 bridgehead atoms. The number of rotatable bonds is 1. The smallest absolute Gasteiger partial charge is 0.152 e. The minimum atomic E-state index is 0.610. The molecule has 14 heavy (non-hydrogen) atoms. The highest BCUT2D eigenvalue weighted by molar-refractivity contribution is 5.80. The molecule has 2 aromatic rings. The van der Waals surface area contributed by atoms with E-state index in [-0.39, 0.29) is 0 Å². The summed E-state index contributed by atoms with van der Waals surface area (Å²) in [4.78, 5) is 4.04. The van der Waals surface area contributed by atoms with Crippen LogP contribution in [0.15, 0.2) is 29.1 Å². The van der Waals surface area contributed by atoms with Crippen LogP contribution >= 0.6 is 0 Å². The number of aromatic nitrogens is 1. The standard InChI is InChI=1S/C11H12N2O/c1-3-12-5-8(1)10-7-14-11-6-13-4-2-9(10)11/h2,4,6-8,12H,1,3,5H2. The molecule has 0 aliphatic carbocycles. The lowest BCUT2D eigenvalue weighted by Crippen LogP contribution is -2.07. The Bertz CT molecular complexity index is 443. The number of hydrogen-bond donors (Lipinski definition) is 1. The molecule has 72 valence electrons. The quantitative estimate of drug-likeness (QED) is 0.742. The van der Waals surface area contributed by atoms with Crippen molar-refractivity contribution in [3.8, 4) is 0 Å². The Morgan fingerprint density at radius 2 is 2.50 bits per heavy atom. The predicted octanol–water partition coefficient (Wildman–Crippen LogP) is 1.90. The van der Waals surface area contributed by atoms with Gasteiger partial charge in [-0.2, -0.15) is 0 Å². The van der Waals surface area contributed by atoms with Crippen molar-refractivity contribution in [2.24, 2.45) is 0 Å². The van der Waals surface area contributed by atoms with Gasteiger partial charge in [0.2, 0.25) is 0 Å². The van der Waals surface area contributed by atoms with Gasteiger partial charge >= 0.3 is 0 Å². The van der Waals surface area contributed by atoms with Crippen LogP contribution in [0.25, 0.3) is 11.0 Å². The Kier molecular flexibility index (Phi) is 1.77. The topological polar surface area (TPSA) is 38.1 Å². The molecule has 0 spiro atoms. The van der Waals surface area contributed by atoms with Gasteiger partial charge in [-0.1, -0.05) is 0 Å². The Hall–Kier alpha value is -1.35. The fraction of sp³-hybridized carbons (Fsp3) is 0.364. The van der Waals surface area contributed by atoms with E-state index >= 15 is 0 Å². The molecule has 3 heteroatoms. The summed E-state index contributed by atoms with van der Waals surface area (Å²) in [6, 6.07) is 2.03. The first-order valence-electron chi connectivity index (χ1n) is 4.97. The third kappa shape index (κ3) is 1.13. The van der Waals surface area contributed by atoms with Gasteiger partial charge in [0.1, 0.15) is 0 Å². The molecule has 1 atom stereocenters. The molecule has 1 aliphatic rings. The van der Waals surface area contributed by atoms with Crippen LogP contribution in [0.4, 0.5) is 0 Å². The molecule has 1 N–H and O–H groups in total. The van der Waals surface area contributed by atoms with Crippen molar-refractivity contribution in [2.45, 2.75) is 12.3 Å². The first-order valence-corrected chi connectivity index (χ1v) is 4.97. The lowest BCUT2D eigenvalue weighted by atomic mass is 9.99. The van der Waals surface area contributed by atoms with E-state index in [4.69, 9.17) is 4.42 Å². The van der Waals surface area contributed by atoms with Crippen LogP contribution in [0.5, 0.6) is 0 Å². The van der Waals surface area contributed by atoms with Crippen LogP contribution < -0.4 is 5.32 Å². The van der Waals surface area contributed by atoms with Crippen LogP contribution in [-0.4, -0.2) is 18.1 Å². The number of nitrogens with zero attached hydrogens (tertiary/aromatic N) is 1. The van der Waals surface area contributed by atoms with E-state index in [1.54, 1.807) is 6.20 Å². The minimum absolute atomic E-state index is 0.610. The number of furan rings is 1. The highest BCUT2D eigenvalue weighted by atomic mass is 16.3. The minimum Gasteiger partial charge on any atom is -0.462 e. The molecule has 2 aromatic heterocycles. The van der Waals surface area contributed by atoms with E-state index in [1.807, 2.05) is 18.5 Å². The highest BCUT2D eigenvalue weighted by Crippen LogP contribution is 2.30. The predicted molar refractivity (Wildman–Crippen MR) is 54.2 cm³/mol. The number of nitrogens with one attached hydrogen (secondary N) is 1. The van der Waals surface area contributed by atoms with Gasteiger partial charge in [0, 0.05) is 29.6 Å². The summed E-state index contributed by atoms with van der Waals surface area (Å²) in [5.41, 5.74) is 2.22. The summed E-state index contributed by atoms with van der Waals surface area (Å²) in [6.45, 7) is 2.18. The molecule has 0 aromatic carbocycles. The molecule has 0 amide bonds. The van der Waals surface area contributed by atoms with Crippen LogP contribution in [0.3, 0.4) is 0 Å². The third-order valence-corrected chi connectivity index (χ3v) is 2.91. The molecule has 1 fully saturated rings. The largest absolute Gasteiger partial charge is 0.462 e. The summed E-state index contributed by atoms with van der Waals surface area (Å²) < 4.78 is 5.47. The molecular formula is C11H12N2O. The van der Waals surface area contributed by atoms with Crippen LogP contribution in [0.1, 0.15) is 17.9 Å². The SMILES string of the molecule is c1cc2c(C3CCNC3)coc2cn1. The van der Waals surface area contributed by atoms with Gasteiger partial charge in [-0.3, -0.25) is 4.98 Å². The lowest BCUT2D eigenvalue weighted by molar-refractivity contribution is 0.601. The van der Waals surface area contributed by atoms with Gasteiger partial charge in [0.15, 0.2) is 5.58 Å². The normalized spacial score (nSPS) is 21.9. The maximum Gasteiger partial charge on any atom is 0.152 e. The Labute approximate surface area is 82.1 Å². The van der Waals surface area contributed by atoms with Crippen LogP contribution in [0.2, 0.25) is 0 Å². The Morgan fingerprint density at radius 3 is 3.36 bits per heavy atom. The lowest BCUT2D eigenvalue weighted by Gasteiger charge is -2.04. The second kappa shape index (κ2) is 3.10. The van der Waals surface area contributed by atoms with Crippen molar-refractivity contribution in [1.29, 1.82) is 0 Å². The summed E-state index contributed by atoms with van der Waals surface area (Å²) in [5.74, 6) is 0.610. The average Bonchev–Trinajstić information content (AvgIpc) is 2.85. The van der Waals surface area contributed by atoms with E-state index in [2.05, 4.69) is 10.3 Å². The van der Waals surface area contributed by atoms with Crippen LogP contribution in [0, 0.1) is 0 Å². The third-order valence-electron chi connectivity index (χ3n) is 2.91. The highest BCUT2D eigenvalue weighted by Gasteiger charge is 2.20. The fourth-order valence-corrected chi connectivity index (χ4v) is 2.14.